The summed E-state index contributed by atoms with van der Waals surface area (Å²) >= 11 is 6.19. The Kier molecular flexibility index (Phi) is 5.79. The van der Waals surface area contributed by atoms with E-state index >= 15 is 0 Å². The molecule has 3 heterocycles. The van der Waals surface area contributed by atoms with Crippen molar-refractivity contribution in [2.45, 2.75) is 39.3 Å². The van der Waals surface area contributed by atoms with Gasteiger partial charge >= 0.3 is 0 Å². The first-order valence-corrected chi connectivity index (χ1v) is 10.8. The predicted molar refractivity (Wildman–Crippen MR) is 120 cm³/mol. The van der Waals surface area contributed by atoms with Crippen LogP contribution in [0.4, 0.5) is 0 Å². The van der Waals surface area contributed by atoms with Gasteiger partial charge in [0, 0.05) is 32.0 Å². The van der Waals surface area contributed by atoms with Gasteiger partial charge in [-0.15, -0.1) is 0 Å². The number of hydrogen-bond acceptors (Lipinski definition) is 5. The maximum atomic E-state index is 12.8. The van der Waals surface area contributed by atoms with E-state index in [9.17, 15) is 4.79 Å². The molecule has 1 aromatic carbocycles. The van der Waals surface area contributed by atoms with Gasteiger partial charge in [0.25, 0.3) is 0 Å². The number of fused-ring (bicyclic) bond motifs is 1. The second-order valence-electron chi connectivity index (χ2n) is 8.12. The molecule has 0 saturated carbocycles. The van der Waals surface area contributed by atoms with Crippen LogP contribution in [0.5, 0.6) is 11.6 Å². The van der Waals surface area contributed by atoms with Crippen molar-refractivity contribution in [2.24, 2.45) is 13.0 Å². The Morgan fingerprint density at radius 3 is 2.58 bits per heavy atom. The zero-order valence-corrected chi connectivity index (χ0v) is 19.2. The number of imidazole rings is 1. The van der Waals surface area contributed by atoms with E-state index in [-0.39, 0.29) is 24.0 Å². The molecular weight excluding hydrogens is 416 g/mol. The summed E-state index contributed by atoms with van der Waals surface area (Å²) in [6, 6.07) is 9.55. The number of carbonyl (C=O) groups excluding carboxylic acids is 1. The maximum Gasteiger partial charge on any atom is 0.241 e. The molecule has 0 bridgehead atoms. The summed E-state index contributed by atoms with van der Waals surface area (Å²) in [5.74, 6) is 2.29. The summed E-state index contributed by atoms with van der Waals surface area (Å²) in [4.78, 5) is 23.6. The van der Waals surface area contributed by atoms with Crippen LogP contribution in [0, 0.1) is 12.8 Å². The molecule has 1 aliphatic rings. The zero-order chi connectivity index (χ0) is 22.3. The first-order chi connectivity index (χ1) is 14.8. The number of benzene rings is 1. The van der Waals surface area contributed by atoms with Gasteiger partial charge < -0.3 is 18.9 Å². The molecule has 0 unspecified atom stereocenters. The highest BCUT2D eigenvalue weighted by Crippen LogP contribution is 2.33. The number of carbonyl (C=O) groups is 1. The van der Waals surface area contributed by atoms with Gasteiger partial charge in [0.05, 0.1) is 18.7 Å². The quantitative estimate of drug-likeness (QED) is 0.532. The van der Waals surface area contributed by atoms with Crippen LogP contribution in [0.2, 0.25) is 5.15 Å². The summed E-state index contributed by atoms with van der Waals surface area (Å²) < 4.78 is 13.4. The summed E-state index contributed by atoms with van der Waals surface area (Å²) in [6.45, 7) is 6.59. The van der Waals surface area contributed by atoms with Crippen LogP contribution in [0.25, 0.3) is 11.0 Å². The van der Waals surface area contributed by atoms with E-state index in [2.05, 4.69) is 9.97 Å². The number of pyridine rings is 1. The van der Waals surface area contributed by atoms with Crippen molar-refractivity contribution in [3.63, 3.8) is 0 Å². The molecule has 1 saturated heterocycles. The van der Waals surface area contributed by atoms with E-state index in [1.54, 1.807) is 13.2 Å². The highest BCUT2D eigenvalue weighted by molar-refractivity contribution is 6.30. The van der Waals surface area contributed by atoms with E-state index in [4.69, 9.17) is 21.1 Å². The number of likely N-dealkylation sites (tertiary alicyclic amines) is 1. The Hall–Kier alpha value is -2.80. The zero-order valence-electron chi connectivity index (χ0n) is 18.4. The molecule has 1 aliphatic heterocycles. The minimum atomic E-state index is -0.207. The van der Waals surface area contributed by atoms with Gasteiger partial charge in [-0.2, -0.15) is 4.98 Å². The predicted octanol–water partition coefficient (Wildman–Crippen LogP) is 4.32. The average molecular weight is 443 g/mol. The Balaban J connectivity index is 1.51. The molecule has 3 atom stereocenters. The van der Waals surface area contributed by atoms with Crippen LogP contribution in [0.15, 0.2) is 30.3 Å². The third-order valence-corrected chi connectivity index (χ3v) is 6.42. The van der Waals surface area contributed by atoms with Crippen molar-refractivity contribution in [2.75, 3.05) is 13.7 Å². The van der Waals surface area contributed by atoms with Crippen molar-refractivity contribution < 1.29 is 14.3 Å². The number of rotatable bonds is 6. The lowest BCUT2D eigenvalue weighted by atomic mass is 10.0. The molecule has 7 nitrogen and oxygen atoms in total. The number of methoxy groups -OCH3 is 1. The average Bonchev–Trinajstić information content (AvgIpc) is 3.27. The van der Waals surface area contributed by atoms with Crippen molar-refractivity contribution in [1.82, 2.24) is 19.4 Å². The van der Waals surface area contributed by atoms with Gasteiger partial charge in [0.2, 0.25) is 11.8 Å². The fourth-order valence-electron chi connectivity index (χ4n) is 4.15. The molecule has 0 N–H and O–H groups in total. The van der Waals surface area contributed by atoms with E-state index in [0.717, 1.165) is 28.2 Å². The summed E-state index contributed by atoms with van der Waals surface area (Å²) in [5, 5.41) is 0.338. The van der Waals surface area contributed by atoms with Gasteiger partial charge in [0.15, 0.2) is 0 Å². The molecule has 0 radical (unpaired) electrons. The van der Waals surface area contributed by atoms with Crippen LogP contribution >= 0.6 is 11.6 Å². The molecule has 1 fully saturated rings. The molecular formula is C23H27ClN4O3. The minimum absolute atomic E-state index is 0.0219. The minimum Gasteiger partial charge on any atom is -0.497 e. The topological polar surface area (TPSA) is 69.5 Å². The molecule has 0 aliphatic carbocycles. The highest BCUT2D eigenvalue weighted by atomic mass is 35.5. The van der Waals surface area contributed by atoms with Gasteiger partial charge in [0.1, 0.15) is 28.3 Å². The number of nitrogens with zero attached hydrogens (tertiary/aromatic N) is 4. The molecule has 31 heavy (non-hydrogen) atoms. The third-order valence-electron chi connectivity index (χ3n) is 6.23. The Labute approximate surface area is 186 Å². The third kappa shape index (κ3) is 4.06. The maximum absolute atomic E-state index is 12.8. The van der Waals surface area contributed by atoms with E-state index in [0.29, 0.717) is 24.0 Å². The second kappa shape index (κ2) is 8.38. The summed E-state index contributed by atoms with van der Waals surface area (Å²) in [6.07, 6.45) is 0.233. The van der Waals surface area contributed by atoms with Crippen molar-refractivity contribution in [1.29, 1.82) is 0 Å². The molecule has 164 valence electrons. The SMILES string of the molecule is COc1ccc([C@@H](C)N2C[C@H]([C@@H](C)Oc3nc(Cl)cc4nc(C)n(C)c34)CC2=O)cc1. The smallest absolute Gasteiger partial charge is 0.241 e. The first-order valence-electron chi connectivity index (χ1n) is 10.4. The highest BCUT2D eigenvalue weighted by Gasteiger charge is 2.37. The molecule has 1 amide bonds. The number of hydrogen-bond donors (Lipinski definition) is 0. The van der Waals surface area contributed by atoms with Gasteiger partial charge in [-0.05, 0) is 38.5 Å². The normalized spacial score (nSPS) is 18.5. The second-order valence-corrected chi connectivity index (χ2v) is 8.51. The lowest BCUT2D eigenvalue weighted by Gasteiger charge is -2.26. The van der Waals surface area contributed by atoms with Crippen molar-refractivity contribution in [3.8, 4) is 11.6 Å². The number of aromatic nitrogens is 3. The van der Waals surface area contributed by atoms with Crippen LogP contribution in [0.3, 0.4) is 0 Å². The molecule has 8 heteroatoms. The number of ether oxygens (including phenoxy) is 2. The van der Waals surface area contributed by atoms with E-state index < -0.39 is 0 Å². The molecule has 2 aromatic heterocycles. The molecule has 0 spiro atoms. The van der Waals surface area contributed by atoms with E-state index in [1.807, 2.05) is 61.6 Å². The van der Waals surface area contributed by atoms with Crippen LogP contribution in [0.1, 0.15) is 37.7 Å². The lowest BCUT2D eigenvalue weighted by Crippen LogP contribution is -2.31. The van der Waals surface area contributed by atoms with Crippen LogP contribution in [-0.4, -0.2) is 45.1 Å². The van der Waals surface area contributed by atoms with Crippen LogP contribution < -0.4 is 9.47 Å². The molecule has 4 rings (SSSR count). The fraction of sp³-hybridized carbons (Fsp3) is 0.435. The number of halogens is 1. The van der Waals surface area contributed by atoms with Gasteiger partial charge in [-0.25, -0.2) is 4.98 Å². The Morgan fingerprint density at radius 2 is 1.90 bits per heavy atom. The largest absolute Gasteiger partial charge is 0.497 e. The van der Waals surface area contributed by atoms with Crippen LogP contribution in [-0.2, 0) is 11.8 Å². The van der Waals surface area contributed by atoms with Gasteiger partial charge in [-0.1, -0.05) is 23.7 Å². The summed E-state index contributed by atoms with van der Waals surface area (Å²) in [7, 11) is 3.57. The lowest BCUT2D eigenvalue weighted by molar-refractivity contribution is -0.129. The van der Waals surface area contributed by atoms with E-state index in [1.165, 1.54) is 0 Å². The fourth-order valence-corrected chi connectivity index (χ4v) is 4.33. The monoisotopic (exact) mass is 442 g/mol. The first kappa shape index (κ1) is 21.4. The number of amides is 1. The standard InChI is InChI=1S/C23H27ClN4O3/c1-13(16-6-8-18(30-5)9-7-16)28-12-17(10-21(28)29)14(2)31-23-22-19(11-20(24)26-23)25-15(3)27(22)4/h6-9,11,13-14,17H,10,12H2,1-5H3/t13-,14-,17-/m1/s1. The molecule has 3 aromatic rings. The number of aryl methyl sites for hydroxylation is 2. The van der Waals surface area contributed by atoms with Gasteiger partial charge in [-0.3, -0.25) is 4.79 Å². The Morgan fingerprint density at radius 1 is 1.19 bits per heavy atom. The van der Waals surface area contributed by atoms with Crippen molar-refractivity contribution >= 4 is 28.5 Å². The Bertz CT molecular complexity index is 1110. The van der Waals surface area contributed by atoms with Crippen molar-refractivity contribution in [3.05, 3.63) is 46.9 Å². The summed E-state index contributed by atoms with van der Waals surface area (Å²) in [5.41, 5.74) is 2.63.